The van der Waals surface area contributed by atoms with Crippen LogP contribution in [0.25, 0.3) is 0 Å². The number of hydrogen-bond acceptors (Lipinski definition) is 1. The highest BCUT2D eigenvalue weighted by Gasteiger charge is 2.40. The summed E-state index contributed by atoms with van der Waals surface area (Å²) in [6, 6.07) is 8.79. The van der Waals surface area contributed by atoms with Crippen molar-refractivity contribution in [3.8, 4) is 0 Å². The van der Waals surface area contributed by atoms with Crippen molar-refractivity contribution in [1.82, 2.24) is 0 Å². The molecule has 1 aromatic rings. The van der Waals surface area contributed by atoms with E-state index in [2.05, 4.69) is 190 Å². The van der Waals surface area contributed by atoms with Crippen LogP contribution in [0, 0.1) is 40.9 Å². The average Bonchev–Trinajstić information content (AvgIpc) is 3.17. The molecule has 0 N–H and O–H groups in total. The number of hydrogen-bond donors (Lipinski definition) is 0. The van der Waals surface area contributed by atoms with Crippen molar-refractivity contribution in [1.29, 1.82) is 0 Å². The van der Waals surface area contributed by atoms with Gasteiger partial charge in [-0.05, 0) is 94.3 Å². The number of allylic oxidation sites excluding steroid dienone is 23. The molecule has 6 aliphatic rings. The number of amidine groups is 1. The van der Waals surface area contributed by atoms with E-state index in [1.54, 1.807) is 0 Å². The van der Waals surface area contributed by atoms with Crippen molar-refractivity contribution in [3.05, 3.63) is 191 Å². The maximum atomic E-state index is 5.18. The Balaban J connectivity index is 1.26. The van der Waals surface area contributed by atoms with E-state index in [4.69, 9.17) is 9.98 Å². The van der Waals surface area contributed by atoms with Gasteiger partial charge in [-0.2, -0.15) is 0 Å². The smallest absolute Gasteiger partial charge is 0.147 e. The van der Waals surface area contributed by atoms with Gasteiger partial charge in [0, 0.05) is 17.0 Å². The van der Waals surface area contributed by atoms with Crippen molar-refractivity contribution < 1.29 is 0 Å². The normalized spacial score (nSPS) is 29.1. The van der Waals surface area contributed by atoms with Crippen LogP contribution in [0.3, 0.4) is 0 Å². The topological polar surface area (TPSA) is 24.7 Å². The van der Waals surface area contributed by atoms with E-state index < -0.39 is 0 Å². The van der Waals surface area contributed by atoms with Crippen molar-refractivity contribution in [3.63, 3.8) is 0 Å². The number of aliphatic imine (C=N–C) groups is 2. The molecule has 0 aromatic heterocycles. The third-order valence-electron chi connectivity index (χ3n) is 12.5. The molecule has 2 heteroatoms. The molecule has 1 aromatic carbocycles. The molecule has 0 spiro atoms. The van der Waals surface area contributed by atoms with Gasteiger partial charge >= 0.3 is 0 Å². The fourth-order valence-corrected chi connectivity index (χ4v) is 8.47. The summed E-state index contributed by atoms with van der Waals surface area (Å²) in [5.74, 6) is 3.32. The summed E-state index contributed by atoms with van der Waals surface area (Å²) in [7, 11) is 0. The molecule has 1 unspecified atom stereocenters. The lowest BCUT2D eigenvalue weighted by Gasteiger charge is -2.43. The second kappa shape index (κ2) is 17.5. The molecule has 0 aliphatic heterocycles. The first-order valence-electron chi connectivity index (χ1n) is 20.9. The van der Waals surface area contributed by atoms with E-state index in [1.807, 2.05) is 18.2 Å². The minimum atomic E-state index is -0.0874. The van der Waals surface area contributed by atoms with E-state index >= 15 is 0 Å². The fraction of sp³-hybridized carbons (Fsp3) is 0.370. The van der Waals surface area contributed by atoms with Crippen LogP contribution >= 0.6 is 0 Å². The number of rotatable bonds is 10. The maximum absolute atomic E-state index is 5.18. The Hall–Kier alpha value is -4.82. The van der Waals surface area contributed by atoms with Crippen molar-refractivity contribution in [2.24, 2.45) is 50.9 Å². The third-order valence-corrected chi connectivity index (χ3v) is 12.5. The van der Waals surface area contributed by atoms with Gasteiger partial charge in [0.1, 0.15) is 5.84 Å². The molecule has 0 amide bonds. The minimum Gasteiger partial charge on any atom is -0.262 e. The van der Waals surface area contributed by atoms with Gasteiger partial charge in [0.15, 0.2) is 0 Å². The Morgan fingerprint density at radius 1 is 0.911 bits per heavy atom. The average molecular weight is 741 g/mol. The van der Waals surface area contributed by atoms with Crippen molar-refractivity contribution in [2.75, 3.05) is 6.54 Å². The van der Waals surface area contributed by atoms with E-state index in [0.717, 1.165) is 17.7 Å². The Morgan fingerprint density at radius 3 is 2.39 bits per heavy atom. The summed E-state index contributed by atoms with van der Waals surface area (Å²) in [5.41, 5.74) is 12.2. The molecular weight excluding hydrogens is 677 g/mol. The fourth-order valence-electron chi connectivity index (χ4n) is 8.47. The first kappa shape index (κ1) is 40.8. The van der Waals surface area contributed by atoms with Gasteiger partial charge in [-0.15, -0.1) is 6.58 Å². The monoisotopic (exact) mass is 741 g/mol. The molecule has 0 radical (unpaired) electrons. The van der Waals surface area contributed by atoms with Crippen LogP contribution in [0.2, 0.25) is 0 Å². The van der Waals surface area contributed by atoms with Crippen molar-refractivity contribution in [2.45, 2.75) is 80.6 Å². The van der Waals surface area contributed by atoms with Crippen molar-refractivity contribution >= 4 is 11.5 Å². The molecule has 2 bridgehead atoms. The van der Waals surface area contributed by atoms with Crippen LogP contribution in [0.1, 0.15) is 86.3 Å². The second-order valence-electron chi connectivity index (χ2n) is 18.1. The Labute approximate surface area is 339 Å². The summed E-state index contributed by atoms with van der Waals surface area (Å²) in [4.78, 5) is 10.3. The predicted octanol–water partition coefficient (Wildman–Crippen LogP) is 13.9. The van der Waals surface area contributed by atoms with E-state index in [1.165, 1.54) is 45.4 Å². The van der Waals surface area contributed by atoms with Gasteiger partial charge in [-0.3, -0.25) is 4.99 Å². The lowest BCUT2D eigenvalue weighted by molar-refractivity contribution is 0.371. The molecule has 6 aliphatic carbocycles. The summed E-state index contributed by atoms with van der Waals surface area (Å²) in [6.07, 6.45) is 45.3. The highest BCUT2D eigenvalue weighted by molar-refractivity contribution is 6.09. The zero-order valence-corrected chi connectivity index (χ0v) is 35.5. The SMILES string of the molecule is C=CC(C)(C)\C=C/C=C/C(=N/C/C1=C/C=C(/[C@H](C)[C@H]2C=CC=C(C3=CC=CC4=CC5=CC(C5)[C@H]43)[C@H]2C)C/C=C\C=C/[C@H]1C)/N=C(\C)c1ccc(C(C)(C)C)cc1. The molecule has 0 saturated heterocycles. The largest absolute Gasteiger partial charge is 0.262 e. The molecule has 56 heavy (non-hydrogen) atoms. The minimum absolute atomic E-state index is 0.0874. The molecule has 7 rings (SSSR count). The first-order chi connectivity index (χ1) is 26.7. The predicted molar refractivity (Wildman–Crippen MR) is 244 cm³/mol. The molecule has 0 heterocycles. The van der Waals surface area contributed by atoms with E-state index in [-0.39, 0.29) is 16.7 Å². The van der Waals surface area contributed by atoms with Gasteiger partial charge in [-0.25, -0.2) is 4.99 Å². The van der Waals surface area contributed by atoms with E-state index in [0.29, 0.717) is 42.0 Å². The Kier molecular flexibility index (Phi) is 12.8. The van der Waals surface area contributed by atoms with Crippen LogP contribution < -0.4 is 0 Å². The van der Waals surface area contributed by atoms with Crippen LogP contribution in [0.5, 0.6) is 0 Å². The molecule has 2 nitrogen and oxygen atoms in total. The summed E-state index contributed by atoms with van der Waals surface area (Å²) < 4.78 is 0. The zero-order chi connectivity index (χ0) is 40.0. The standard InChI is InChI=1S/C54H64N2/c1-11-54(9,10)32-16-15-25-51(56-40(5)43-28-30-47(31-29-43)53(6,7)8)55-36-45-27-26-42(20-14-12-13-19-37(45)2)38(3)48-22-18-23-49(39(48)4)50-24-17-21-44-33-41-34-46(35-41)52(44)50/h11-19,21-34,37-39,46,48,52H,1,20,35-36H2,2-10H3/b14-12-,19-13-,25-15+,32-16-,42-26+,45-27-,55-51-,56-40+/t37-,38+,39+,46?,48-,52+/m1/s1. The number of nitrogens with zero attached hydrogens (tertiary/aromatic N) is 2. The van der Waals surface area contributed by atoms with Crippen LogP contribution in [0.4, 0.5) is 0 Å². The van der Waals surface area contributed by atoms with Crippen LogP contribution in [0.15, 0.2) is 190 Å². The van der Waals surface area contributed by atoms with Gasteiger partial charge in [0.2, 0.25) is 0 Å². The molecule has 0 fully saturated rings. The van der Waals surface area contributed by atoms with Crippen LogP contribution in [-0.4, -0.2) is 18.1 Å². The third kappa shape index (κ3) is 9.76. The molecule has 290 valence electrons. The van der Waals surface area contributed by atoms with Gasteiger partial charge in [0.25, 0.3) is 0 Å². The van der Waals surface area contributed by atoms with Gasteiger partial charge in [0.05, 0.1) is 6.54 Å². The Morgan fingerprint density at radius 2 is 1.66 bits per heavy atom. The highest BCUT2D eigenvalue weighted by Crippen LogP contribution is 2.51. The van der Waals surface area contributed by atoms with E-state index in [9.17, 15) is 0 Å². The lowest BCUT2D eigenvalue weighted by Crippen LogP contribution is -2.32. The zero-order valence-electron chi connectivity index (χ0n) is 35.5. The second-order valence-corrected chi connectivity index (χ2v) is 18.1. The van der Waals surface area contributed by atoms with Gasteiger partial charge in [-0.1, -0.05) is 200 Å². The summed E-state index contributed by atoms with van der Waals surface area (Å²) in [6.45, 7) is 24.8. The number of benzene rings is 1. The first-order valence-corrected chi connectivity index (χ1v) is 20.9. The lowest BCUT2D eigenvalue weighted by atomic mass is 9.61. The van der Waals surface area contributed by atoms with Crippen LogP contribution in [-0.2, 0) is 5.41 Å². The molecule has 0 saturated carbocycles. The Bertz CT molecular complexity index is 2090. The highest BCUT2D eigenvalue weighted by atomic mass is 14.9. The quantitative estimate of drug-likeness (QED) is 0.0988. The summed E-state index contributed by atoms with van der Waals surface area (Å²) >= 11 is 0. The maximum Gasteiger partial charge on any atom is 0.147 e. The molecule has 6 atom stereocenters. The summed E-state index contributed by atoms with van der Waals surface area (Å²) in [5, 5.41) is 0. The van der Waals surface area contributed by atoms with Gasteiger partial charge < -0.3 is 0 Å². The molecular formula is C54H64N2.